The van der Waals surface area contributed by atoms with Gasteiger partial charge in [0, 0.05) is 19.3 Å². The highest BCUT2D eigenvalue weighted by atomic mass is 16.3. The molecule has 1 atom stereocenters. The van der Waals surface area contributed by atoms with Crippen LogP contribution in [0.1, 0.15) is 28.7 Å². The molecule has 1 amide bonds. The third-order valence-corrected chi connectivity index (χ3v) is 4.60. The summed E-state index contributed by atoms with van der Waals surface area (Å²) in [5.41, 5.74) is 3.48. The van der Waals surface area contributed by atoms with Crippen molar-refractivity contribution in [2.45, 2.75) is 33.4 Å². The SMILES string of the molecule is Cc1ccn(C[C@@H](C)NC(=O)c2cc(-c3ccco3)nc3c2c(C)nn3C)n1. The number of hydrogen-bond donors (Lipinski definition) is 1. The summed E-state index contributed by atoms with van der Waals surface area (Å²) in [6.45, 7) is 6.36. The molecule has 0 spiro atoms. The minimum absolute atomic E-state index is 0.0981. The van der Waals surface area contributed by atoms with Crippen LogP contribution in [-0.2, 0) is 13.6 Å². The summed E-state index contributed by atoms with van der Waals surface area (Å²) in [6.07, 6.45) is 3.49. The summed E-state index contributed by atoms with van der Waals surface area (Å²) < 4.78 is 8.99. The van der Waals surface area contributed by atoms with Gasteiger partial charge in [-0.3, -0.25) is 14.2 Å². The van der Waals surface area contributed by atoms with E-state index in [4.69, 9.17) is 4.42 Å². The fourth-order valence-electron chi connectivity index (χ4n) is 3.37. The van der Waals surface area contributed by atoms with Crippen LogP contribution >= 0.6 is 0 Å². The predicted octanol–water partition coefficient (Wildman–Crippen LogP) is 2.86. The summed E-state index contributed by atoms with van der Waals surface area (Å²) in [5.74, 6) is 0.433. The molecule has 0 aliphatic heterocycles. The van der Waals surface area contributed by atoms with Crippen LogP contribution < -0.4 is 5.32 Å². The van der Waals surface area contributed by atoms with Crippen molar-refractivity contribution < 1.29 is 9.21 Å². The zero-order valence-corrected chi connectivity index (χ0v) is 16.3. The topological polar surface area (TPSA) is 90.8 Å². The van der Waals surface area contributed by atoms with E-state index in [0.717, 1.165) is 16.8 Å². The molecule has 0 aliphatic carbocycles. The molecule has 0 radical (unpaired) electrons. The zero-order chi connectivity index (χ0) is 19.8. The second kappa shape index (κ2) is 6.95. The van der Waals surface area contributed by atoms with Crippen molar-refractivity contribution in [1.82, 2.24) is 29.9 Å². The summed E-state index contributed by atoms with van der Waals surface area (Å²) in [4.78, 5) is 17.8. The number of furan rings is 1. The molecule has 1 N–H and O–H groups in total. The molecule has 28 heavy (non-hydrogen) atoms. The minimum Gasteiger partial charge on any atom is -0.463 e. The third kappa shape index (κ3) is 3.28. The number of nitrogens with zero attached hydrogens (tertiary/aromatic N) is 5. The Kier molecular flexibility index (Phi) is 4.46. The van der Waals surface area contributed by atoms with E-state index < -0.39 is 0 Å². The Labute approximate surface area is 162 Å². The standard InChI is InChI=1S/C20H22N6O2/c1-12-7-8-26(23-12)11-13(2)21-20(27)15-10-16(17-6-5-9-28-17)22-19-18(15)14(3)24-25(19)4/h5-10,13H,11H2,1-4H3,(H,21,27)/t13-/m1/s1. The van der Waals surface area contributed by atoms with Crippen molar-refractivity contribution >= 4 is 16.9 Å². The summed E-state index contributed by atoms with van der Waals surface area (Å²) in [5, 5.41) is 12.6. The number of nitrogens with one attached hydrogen (secondary N) is 1. The highest BCUT2D eigenvalue weighted by Gasteiger charge is 2.21. The molecule has 0 aromatic carbocycles. The molecule has 0 saturated heterocycles. The maximum atomic E-state index is 13.1. The molecule has 0 unspecified atom stereocenters. The van der Waals surface area contributed by atoms with Crippen molar-refractivity contribution in [1.29, 1.82) is 0 Å². The number of rotatable bonds is 5. The number of carbonyl (C=O) groups excluding carboxylic acids is 1. The van der Waals surface area contributed by atoms with Crippen LogP contribution in [-0.4, -0.2) is 36.5 Å². The Morgan fingerprint density at radius 2 is 2.11 bits per heavy atom. The van der Waals surface area contributed by atoms with Crippen LogP contribution in [0, 0.1) is 13.8 Å². The van der Waals surface area contributed by atoms with E-state index in [1.54, 1.807) is 23.1 Å². The van der Waals surface area contributed by atoms with Gasteiger partial charge < -0.3 is 9.73 Å². The van der Waals surface area contributed by atoms with Gasteiger partial charge in [-0.05, 0) is 45.0 Å². The Morgan fingerprint density at radius 1 is 1.29 bits per heavy atom. The van der Waals surface area contributed by atoms with Crippen molar-refractivity contribution in [2.75, 3.05) is 0 Å². The van der Waals surface area contributed by atoms with E-state index in [2.05, 4.69) is 20.5 Å². The summed E-state index contributed by atoms with van der Waals surface area (Å²) >= 11 is 0. The van der Waals surface area contributed by atoms with E-state index in [1.165, 1.54) is 0 Å². The Hall–Kier alpha value is -3.42. The first-order valence-electron chi connectivity index (χ1n) is 9.11. The predicted molar refractivity (Wildman–Crippen MR) is 105 cm³/mol. The third-order valence-electron chi connectivity index (χ3n) is 4.60. The summed E-state index contributed by atoms with van der Waals surface area (Å²) in [7, 11) is 1.82. The fourth-order valence-corrected chi connectivity index (χ4v) is 3.37. The maximum absolute atomic E-state index is 13.1. The van der Waals surface area contributed by atoms with Crippen LogP contribution in [0.25, 0.3) is 22.5 Å². The van der Waals surface area contributed by atoms with Gasteiger partial charge in [-0.15, -0.1) is 0 Å². The van der Waals surface area contributed by atoms with Crippen molar-refractivity contribution in [3.8, 4) is 11.5 Å². The highest BCUT2D eigenvalue weighted by molar-refractivity contribution is 6.07. The van der Waals surface area contributed by atoms with E-state index in [1.807, 2.05) is 50.8 Å². The zero-order valence-electron chi connectivity index (χ0n) is 16.3. The lowest BCUT2D eigenvalue weighted by molar-refractivity contribution is 0.0937. The summed E-state index contributed by atoms with van der Waals surface area (Å²) in [6, 6.07) is 7.22. The van der Waals surface area contributed by atoms with E-state index >= 15 is 0 Å². The Bertz CT molecular complexity index is 1140. The quantitative estimate of drug-likeness (QED) is 0.577. The van der Waals surface area contributed by atoms with Crippen LogP contribution in [0.2, 0.25) is 0 Å². The van der Waals surface area contributed by atoms with Crippen molar-refractivity contribution in [3.05, 3.63) is 53.7 Å². The Morgan fingerprint density at radius 3 is 2.79 bits per heavy atom. The van der Waals surface area contributed by atoms with Gasteiger partial charge in [-0.2, -0.15) is 10.2 Å². The van der Waals surface area contributed by atoms with Gasteiger partial charge in [0.1, 0.15) is 5.69 Å². The number of aromatic nitrogens is 5. The second-order valence-electron chi connectivity index (χ2n) is 6.99. The number of fused-ring (bicyclic) bond motifs is 1. The molecule has 4 aromatic heterocycles. The molecule has 0 fully saturated rings. The van der Waals surface area contributed by atoms with Crippen LogP contribution in [0.4, 0.5) is 0 Å². The van der Waals surface area contributed by atoms with Gasteiger partial charge in [0.2, 0.25) is 0 Å². The van der Waals surface area contributed by atoms with E-state index in [9.17, 15) is 4.79 Å². The molecule has 4 rings (SSSR count). The van der Waals surface area contributed by atoms with E-state index in [-0.39, 0.29) is 11.9 Å². The highest BCUT2D eigenvalue weighted by Crippen LogP contribution is 2.27. The average Bonchev–Trinajstić information content (AvgIpc) is 3.37. The molecule has 4 heterocycles. The molecule has 0 aliphatic rings. The first-order chi connectivity index (χ1) is 13.4. The van der Waals surface area contributed by atoms with Gasteiger partial charge in [0.05, 0.1) is 35.1 Å². The van der Waals surface area contributed by atoms with Gasteiger partial charge in [-0.25, -0.2) is 4.98 Å². The number of amides is 1. The monoisotopic (exact) mass is 378 g/mol. The minimum atomic E-state index is -0.173. The molecular weight excluding hydrogens is 356 g/mol. The maximum Gasteiger partial charge on any atom is 0.252 e. The molecule has 8 nitrogen and oxygen atoms in total. The smallest absolute Gasteiger partial charge is 0.252 e. The van der Waals surface area contributed by atoms with Crippen LogP contribution in [0.15, 0.2) is 41.1 Å². The first-order valence-corrected chi connectivity index (χ1v) is 9.11. The van der Waals surface area contributed by atoms with Crippen molar-refractivity contribution in [2.24, 2.45) is 7.05 Å². The molecule has 4 aromatic rings. The molecule has 144 valence electrons. The Balaban J connectivity index is 1.69. The lowest BCUT2D eigenvalue weighted by atomic mass is 10.1. The average molecular weight is 378 g/mol. The number of aryl methyl sites for hydroxylation is 3. The lowest BCUT2D eigenvalue weighted by Gasteiger charge is -2.15. The first kappa shape index (κ1) is 18.0. The number of carbonyl (C=O) groups is 1. The number of hydrogen-bond acceptors (Lipinski definition) is 5. The van der Waals surface area contributed by atoms with Gasteiger partial charge in [0.15, 0.2) is 11.4 Å². The van der Waals surface area contributed by atoms with E-state index in [0.29, 0.717) is 29.2 Å². The molecule has 0 bridgehead atoms. The number of pyridine rings is 1. The van der Waals surface area contributed by atoms with Gasteiger partial charge in [0.25, 0.3) is 5.91 Å². The van der Waals surface area contributed by atoms with Gasteiger partial charge >= 0.3 is 0 Å². The fraction of sp³-hybridized carbons (Fsp3) is 0.300. The molecule has 8 heteroatoms. The van der Waals surface area contributed by atoms with Crippen LogP contribution in [0.3, 0.4) is 0 Å². The molecule has 0 saturated carbocycles. The second-order valence-corrected chi connectivity index (χ2v) is 6.99. The molecular formula is C20H22N6O2. The van der Waals surface area contributed by atoms with Crippen LogP contribution in [0.5, 0.6) is 0 Å². The van der Waals surface area contributed by atoms with Crippen molar-refractivity contribution in [3.63, 3.8) is 0 Å². The lowest BCUT2D eigenvalue weighted by Crippen LogP contribution is -2.36. The normalized spacial score (nSPS) is 12.4. The van der Waals surface area contributed by atoms with Gasteiger partial charge in [-0.1, -0.05) is 0 Å². The largest absolute Gasteiger partial charge is 0.463 e.